The second-order valence-corrected chi connectivity index (χ2v) is 5.78. The molecule has 2 rings (SSSR count). The van der Waals surface area contributed by atoms with Gasteiger partial charge in [-0.15, -0.1) is 0 Å². The average molecular weight is 347 g/mol. The number of carbonyl (C=O) groups excluding carboxylic acids is 1. The maximum absolute atomic E-state index is 12.1. The van der Waals surface area contributed by atoms with Crippen LogP contribution in [0.15, 0.2) is 53.0 Å². The maximum Gasteiger partial charge on any atom is 0.251 e. The minimum absolute atomic E-state index is 0.0142. The first-order chi connectivity index (χ1) is 10.2. The molecule has 2 aromatic rings. The zero-order valence-electron chi connectivity index (χ0n) is 12.0. The molecule has 1 amide bonds. The molecule has 4 heteroatoms. The van der Waals surface area contributed by atoms with Gasteiger partial charge in [-0.05, 0) is 49.2 Å². The lowest BCUT2D eigenvalue weighted by molar-refractivity contribution is 0.0953. The fourth-order valence-corrected chi connectivity index (χ4v) is 2.53. The second kappa shape index (κ2) is 7.84. The number of aryl methyl sites for hydroxylation is 1. The number of rotatable bonds is 6. The molecule has 0 radical (unpaired) electrons. The summed E-state index contributed by atoms with van der Waals surface area (Å²) in [6.07, 6.45) is 0.885. The van der Waals surface area contributed by atoms with E-state index in [9.17, 15) is 4.79 Å². The zero-order chi connectivity index (χ0) is 15.1. The van der Waals surface area contributed by atoms with Crippen LogP contribution in [0.25, 0.3) is 0 Å². The van der Waals surface area contributed by atoms with Crippen LogP contribution in [-0.2, 0) is 0 Å². The molecular weight excluding hydrogens is 328 g/mol. The molecule has 0 aliphatic heterocycles. The molecule has 0 atom stereocenters. The van der Waals surface area contributed by atoms with Gasteiger partial charge in [0.2, 0.25) is 0 Å². The van der Waals surface area contributed by atoms with E-state index in [0.717, 1.165) is 34.3 Å². The molecule has 3 nitrogen and oxygen atoms in total. The Labute approximate surface area is 133 Å². The van der Waals surface area contributed by atoms with E-state index >= 15 is 0 Å². The summed E-state index contributed by atoms with van der Waals surface area (Å²) >= 11 is 3.40. The third kappa shape index (κ3) is 4.90. The highest BCUT2D eigenvalue weighted by Gasteiger charge is 2.07. The molecule has 21 heavy (non-hydrogen) atoms. The van der Waals surface area contributed by atoms with Crippen LogP contribution in [0.2, 0.25) is 0 Å². The Balaban J connectivity index is 1.72. The van der Waals surface area contributed by atoms with E-state index in [1.165, 1.54) is 0 Å². The monoisotopic (exact) mass is 346 g/mol. The van der Waals surface area contributed by atoms with Crippen LogP contribution in [0, 0.1) is 6.92 Å². The highest BCUT2D eigenvalue weighted by Crippen LogP contribution is 2.15. The highest BCUT2D eigenvalue weighted by molar-refractivity contribution is 9.10. The van der Waals surface area contributed by atoms with Gasteiger partial charge in [0.1, 0.15) is 0 Å². The van der Waals surface area contributed by atoms with Crippen molar-refractivity contribution in [3.05, 3.63) is 64.1 Å². The zero-order valence-corrected chi connectivity index (χ0v) is 13.6. The molecule has 0 bridgehead atoms. The Morgan fingerprint density at radius 2 is 1.86 bits per heavy atom. The first-order valence-corrected chi connectivity index (χ1v) is 7.79. The van der Waals surface area contributed by atoms with Gasteiger partial charge in [0.05, 0.1) is 0 Å². The van der Waals surface area contributed by atoms with E-state index in [4.69, 9.17) is 0 Å². The molecular formula is C17H19BrN2O. The summed E-state index contributed by atoms with van der Waals surface area (Å²) in [6.45, 7) is 3.44. The van der Waals surface area contributed by atoms with E-state index < -0.39 is 0 Å². The van der Waals surface area contributed by atoms with Crippen LogP contribution in [0.3, 0.4) is 0 Å². The maximum atomic E-state index is 12.1. The summed E-state index contributed by atoms with van der Waals surface area (Å²) < 4.78 is 0.989. The predicted molar refractivity (Wildman–Crippen MR) is 90.8 cm³/mol. The summed E-state index contributed by atoms with van der Waals surface area (Å²) in [6, 6.07) is 15.7. The molecule has 0 fully saturated rings. The number of nitrogens with one attached hydrogen (secondary N) is 2. The summed E-state index contributed by atoms with van der Waals surface area (Å²) in [7, 11) is 0. The van der Waals surface area contributed by atoms with Gasteiger partial charge in [0.15, 0.2) is 0 Å². The normalized spacial score (nSPS) is 10.2. The van der Waals surface area contributed by atoms with E-state index in [1.807, 2.05) is 55.5 Å². The Kier molecular flexibility index (Phi) is 5.81. The molecule has 110 valence electrons. The average Bonchev–Trinajstić information content (AvgIpc) is 2.47. The van der Waals surface area contributed by atoms with Crippen LogP contribution in [0.5, 0.6) is 0 Å². The van der Waals surface area contributed by atoms with Gasteiger partial charge in [-0.1, -0.05) is 34.1 Å². The van der Waals surface area contributed by atoms with Crippen LogP contribution in [0.1, 0.15) is 22.3 Å². The number of anilines is 1. The van der Waals surface area contributed by atoms with Crippen molar-refractivity contribution in [3.8, 4) is 0 Å². The quantitative estimate of drug-likeness (QED) is 0.776. The number of halogens is 1. The molecule has 0 saturated heterocycles. The molecule has 2 N–H and O–H groups in total. The van der Waals surface area contributed by atoms with Gasteiger partial charge in [0.25, 0.3) is 5.91 Å². The lowest BCUT2D eigenvalue weighted by Crippen LogP contribution is -2.26. The lowest BCUT2D eigenvalue weighted by atomic mass is 10.1. The largest absolute Gasteiger partial charge is 0.385 e. The summed E-state index contributed by atoms with van der Waals surface area (Å²) in [4.78, 5) is 12.1. The van der Waals surface area contributed by atoms with Gasteiger partial charge < -0.3 is 10.6 Å². The minimum atomic E-state index is -0.0142. The standard InChI is InChI=1S/C17H19BrN2O/c1-13-12-14(18)8-9-16(13)17(21)20-11-5-10-19-15-6-3-2-4-7-15/h2-4,6-9,12,19H,5,10-11H2,1H3,(H,20,21). The van der Waals surface area contributed by atoms with Crippen molar-refractivity contribution in [2.75, 3.05) is 18.4 Å². The fraction of sp³-hybridized carbons (Fsp3) is 0.235. The number of benzene rings is 2. The fourth-order valence-electron chi connectivity index (χ4n) is 2.06. The third-order valence-corrected chi connectivity index (χ3v) is 3.67. The second-order valence-electron chi connectivity index (χ2n) is 4.86. The van der Waals surface area contributed by atoms with Crippen molar-refractivity contribution in [2.45, 2.75) is 13.3 Å². The van der Waals surface area contributed by atoms with Crippen molar-refractivity contribution in [2.24, 2.45) is 0 Å². The van der Waals surface area contributed by atoms with Gasteiger partial charge >= 0.3 is 0 Å². The van der Waals surface area contributed by atoms with Crippen molar-refractivity contribution >= 4 is 27.5 Å². The Bertz CT molecular complexity index is 599. The van der Waals surface area contributed by atoms with Gasteiger partial charge in [0, 0.05) is 28.8 Å². The van der Waals surface area contributed by atoms with Crippen LogP contribution < -0.4 is 10.6 Å². The molecule has 0 aliphatic rings. The first-order valence-electron chi connectivity index (χ1n) is 7.00. The van der Waals surface area contributed by atoms with E-state index in [1.54, 1.807) is 0 Å². The molecule has 0 aromatic heterocycles. The SMILES string of the molecule is Cc1cc(Br)ccc1C(=O)NCCCNc1ccccc1. The smallest absolute Gasteiger partial charge is 0.251 e. The Morgan fingerprint density at radius 1 is 1.10 bits per heavy atom. The minimum Gasteiger partial charge on any atom is -0.385 e. The van der Waals surface area contributed by atoms with Crippen molar-refractivity contribution < 1.29 is 4.79 Å². The van der Waals surface area contributed by atoms with Crippen LogP contribution in [-0.4, -0.2) is 19.0 Å². The van der Waals surface area contributed by atoms with Crippen LogP contribution >= 0.6 is 15.9 Å². The third-order valence-electron chi connectivity index (χ3n) is 3.18. The van der Waals surface area contributed by atoms with Crippen LogP contribution in [0.4, 0.5) is 5.69 Å². The summed E-state index contributed by atoms with van der Waals surface area (Å²) in [5.41, 5.74) is 2.81. The van der Waals surface area contributed by atoms with Gasteiger partial charge in [-0.25, -0.2) is 0 Å². The molecule has 2 aromatic carbocycles. The number of amides is 1. The van der Waals surface area contributed by atoms with E-state index in [-0.39, 0.29) is 5.91 Å². The number of hydrogen-bond acceptors (Lipinski definition) is 2. The topological polar surface area (TPSA) is 41.1 Å². The first kappa shape index (κ1) is 15.6. The van der Waals surface area contributed by atoms with Gasteiger partial charge in [-0.2, -0.15) is 0 Å². The Hall–Kier alpha value is -1.81. The highest BCUT2D eigenvalue weighted by atomic mass is 79.9. The van der Waals surface area contributed by atoms with Crippen molar-refractivity contribution in [1.29, 1.82) is 0 Å². The number of hydrogen-bond donors (Lipinski definition) is 2. The lowest BCUT2D eigenvalue weighted by Gasteiger charge is -2.09. The molecule has 0 spiro atoms. The van der Waals surface area contributed by atoms with E-state index in [2.05, 4.69) is 26.6 Å². The molecule has 0 unspecified atom stereocenters. The summed E-state index contributed by atoms with van der Waals surface area (Å²) in [5, 5.41) is 6.27. The number of para-hydroxylation sites is 1. The molecule has 0 saturated carbocycles. The molecule has 0 aliphatic carbocycles. The number of carbonyl (C=O) groups is 1. The van der Waals surface area contributed by atoms with Gasteiger partial charge in [-0.3, -0.25) is 4.79 Å². The van der Waals surface area contributed by atoms with Crippen molar-refractivity contribution in [1.82, 2.24) is 5.32 Å². The van der Waals surface area contributed by atoms with E-state index in [0.29, 0.717) is 6.54 Å². The van der Waals surface area contributed by atoms with Crippen molar-refractivity contribution in [3.63, 3.8) is 0 Å². The molecule has 0 heterocycles. The predicted octanol–water partition coefficient (Wildman–Crippen LogP) is 3.99. The summed E-state index contributed by atoms with van der Waals surface area (Å²) in [5.74, 6) is -0.0142. The Morgan fingerprint density at radius 3 is 2.57 bits per heavy atom.